The first kappa shape index (κ1) is 14.4. The Kier molecular flexibility index (Phi) is 4.12. The number of carbonyl (C=O) groups excluding carboxylic acids is 1. The van der Waals surface area contributed by atoms with Crippen molar-refractivity contribution in [1.29, 1.82) is 0 Å². The van der Waals surface area contributed by atoms with Crippen LogP contribution in [-0.2, 0) is 4.79 Å². The van der Waals surface area contributed by atoms with Gasteiger partial charge in [-0.15, -0.1) is 0 Å². The number of amides is 1. The first-order chi connectivity index (χ1) is 10.1. The molecule has 0 aliphatic carbocycles. The first-order valence-electron chi connectivity index (χ1n) is 7.65. The van der Waals surface area contributed by atoms with Crippen molar-refractivity contribution in [2.45, 2.75) is 38.4 Å². The molecule has 2 heterocycles. The molecule has 114 valence electrons. The second kappa shape index (κ2) is 6.03. The number of aliphatic hydroxyl groups is 1. The standard InChI is InChI=1S/C16H22N2O3/c1-11-16(20)17-13-9-12(5-6-15(13)21-11)14(19)10-18-7-3-2-4-8-18/h5-6,9,11,14,19H,2-4,7-8,10H2,1H3,(H,17,20). The molecule has 1 amide bonds. The summed E-state index contributed by atoms with van der Waals surface area (Å²) < 4.78 is 5.52. The molecule has 2 atom stereocenters. The molecule has 3 rings (SSSR count). The molecule has 21 heavy (non-hydrogen) atoms. The number of nitrogens with one attached hydrogen (secondary N) is 1. The lowest BCUT2D eigenvalue weighted by Gasteiger charge is -2.29. The second-order valence-corrected chi connectivity index (χ2v) is 5.88. The van der Waals surface area contributed by atoms with Gasteiger partial charge in [-0.25, -0.2) is 0 Å². The number of fused-ring (bicyclic) bond motifs is 1. The molecule has 1 aromatic rings. The molecule has 0 saturated carbocycles. The smallest absolute Gasteiger partial charge is 0.265 e. The van der Waals surface area contributed by atoms with E-state index in [1.807, 2.05) is 18.2 Å². The molecule has 5 heteroatoms. The van der Waals surface area contributed by atoms with Crippen LogP contribution in [0.4, 0.5) is 5.69 Å². The first-order valence-corrected chi connectivity index (χ1v) is 7.65. The number of hydrogen-bond donors (Lipinski definition) is 2. The molecule has 2 N–H and O–H groups in total. The van der Waals surface area contributed by atoms with Crippen LogP contribution in [0, 0.1) is 0 Å². The van der Waals surface area contributed by atoms with Crippen LogP contribution in [-0.4, -0.2) is 41.7 Å². The van der Waals surface area contributed by atoms with E-state index in [1.54, 1.807) is 6.92 Å². The SMILES string of the molecule is CC1Oc2ccc(C(O)CN3CCCCC3)cc2NC1=O. The summed E-state index contributed by atoms with van der Waals surface area (Å²) in [7, 11) is 0. The van der Waals surface area contributed by atoms with Gasteiger partial charge in [0.15, 0.2) is 6.10 Å². The Labute approximate surface area is 124 Å². The Bertz CT molecular complexity index is 526. The maximum absolute atomic E-state index is 11.6. The molecule has 0 spiro atoms. The van der Waals surface area contributed by atoms with Crippen LogP contribution in [0.5, 0.6) is 5.75 Å². The molecular formula is C16H22N2O3. The highest BCUT2D eigenvalue weighted by Gasteiger charge is 2.24. The van der Waals surface area contributed by atoms with Crippen molar-refractivity contribution in [2.75, 3.05) is 25.0 Å². The molecular weight excluding hydrogens is 268 g/mol. The summed E-state index contributed by atoms with van der Waals surface area (Å²) in [6.07, 6.45) is 2.69. The number of benzene rings is 1. The molecule has 2 aliphatic rings. The maximum Gasteiger partial charge on any atom is 0.265 e. The van der Waals surface area contributed by atoms with Gasteiger partial charge in [-0.1, -0.05) is 12.5 Å². The van der Waals surface area contributed by atoms with Crippen molar-refractivity contribution in [3.05, 3.63) is 23.8 Å². The number of rotatable bonds is 3. The van der Waals surface area contributed by atoms with Gasteiger partial charge in [-0.3, -0.25) is 4.79 Å². The summed E-state index contributed by atoms with van der Waals surface area (Å²) in [5.41, 5.74) is 1.46. The number of aliphatic hydroxyl groups excluding tert-OH is 1. The molecule has 1 saturated heterocycles. The van der Waals surface area contributed by atoms with Crippen LogP contribution in [0.3, 0.4) is 0 Å². The van der Waals surface area contributed by atoms with E-state index in [4.69, 9.17) is 4.74 Å². The van der Waals surface area contributed by atoms with Crippen molar-refractivity contribution in [1.82, 2.24) is 4.90 Å². The third kappa shape index (κ3) is 3.19. The molecule has 2 unspecified atom stereocenters. The molecule has 0 bridgehead atoms. The van der Waals surface area contributed by atoms with E-state index >= 15 is 0 Å². The van der Waals surface area contributed by atoms with E-state index in [-0.39, 0.29) is 5.91 Å². The van der Waals surface area contributed by atoms with E-state index < -0.39 is 12.2 Å². The average Bonchev–Trinajstić information content (AvgIpc) is 2.49. The lowest BCUT2D eigenvalue weighted by atomic mass is 10.0. The summed E-state index contributed by atoms with van der Waals surface area (Å²) in [4.78, 5) is 13.9. The number of nitrogens with zero attached hydrogens (tertiary/aromatic N) is 1. The highest BCUT2D eigenvalue weighted by Crippen LogP contribution is 2.32. The van der Waals surface area contributed by atoms with Gasteiger partial charge in [0.2, 0.25) is 0 Å². The number of anilines is 1. The quantitative estimate of drug-likeness (QED) is 0.893. The molecule has 2 aliphatic heterocycles. The number of carbonyl (C=O) groups is 1. The minimum atomic E-state index is -0.537. The van der Waals surface area contributed by atoms with E-state index in [0.29, 0.717) is 18.0 Å². The lowest BCUT2D eigenvalue weighted by molar-refractivity contribution is -0.122. The van der Waals surface area contributed by atoms with Gasteiger partial charge in [0.25, 0.3) is 5.91 Å². The van der Waals surface area contributed by atoms with Crippen molar-refractivity contribution >= 4 is 11.6 Å². The Hall–Kier alpha value is -1.59. The monoisotopic (exact) mass is 290 g/mol. The maximum atomic E-state index is 11.6. The zero-order valence-electron chi connectivity index (χ0n) is 12.3. The number of β-amino-alcohol motifs (C(OH)–C–C–N with tert-alkyl or cyclic N) is 1. The van der Waals surface area contributed by atoms with Gasteiger partial charge >= 0.3 is 0 Å². The van der Waals surface area contributed by atoms with E-state index in [9.17, 15) is 9.90 Å². The number of ether oxygens (including phenoxy) is 1. The molecule has 1 fully saturated rings. The Morgan fingerprint density at radius 2 is 2.14 bits per heavy atom. The van der Waals surface area contributed by atoms with E-state index in [1.165, 1.54) is 19.3 Å². The summed E-state index contributed by atoms with van der Waals surface area (Å²) in [5, 5.41) is 13.2. The Morgan fingerprint density at radius 1 is 1.38 bits per heavy atom. The molecule has 1 aromatic carbocycles. The van der Waals surface area contributed by atoms with Crippen LogP contribution in [0.1, 0.15) is 37.9 Å². The van der Waals surface area contributed by atoms with Gasteiger partial charge in [-0.2, -0.15) is 0 Å². The van der Waals surface area contributed by atoms with Gasteiger partial charge in [0, 0.05) is 6.54 Å². The predicted octanol–water partition coefficient (Wildman–Crippen LogP) is 1.93. The Morgan fingerprint density at radius 3 is 2.90 bits per heavy atom. The summed E-state index contributed by atoms with van der Waals surface area (Å²) in [6, 6.07) is 5.51. The molecule has 5 nitrogen and oxygen atoms in total. The van der Waals surface area contributed by atoms with Crippen LogP contribution in [0.25, 0.3) is 0 Å². The van der Waals surface area contributed by atoms with Crippen LogP contribution in [0.15, 0.2) is 18.2 Å². The normalized spacial score (nSPS) is 23.9. The number of hydrogen-bond acceptors (Lipinski definition) is 4. The van der Waals surface area contributed by atoms with Crippen molar-refractivity contribution < 1.29 is 14.6 Å². The van der Waals surface area contributed by atoms with Crippen LogP contribution in [0.2, 0.25) is 0 Å². The van der Waals surface area contributed by atoms with Gasteiger partial charge in [0.05, 0.1) is 11.8 Å². The van der Waals surface area contributed by atoms with Gasteiger partial charge in [-0.05, 0) is 50.6 Å². The van der Waals surface area contributed by atoms with E-state index in [2.05, 4.69) is 10.2 Å². The largest absolute Gasteiger partial charge is 0.479 e. The van der Waals surface area contributed by atoms with Crippen LogP contribution < -0.4 is 10.1 Å². The van der Waals surface area contributed by atoms with Crippen molar-refractivity contribution in [2.24, 2.45) is 0 Å². The van der Waals surface area contributed by atoms with Gasteiger partial charge in [0.1, 0.15) is 5.75 Å². The highest BCUT2D eigenvalue weighted by molar-refractivity contribution is 5.97. The topological polar surface area (TPSA) is 61.8 Å². The van der Waals surface area contributed by atoms with Crippen LogP contribution >= 0.6 is 0 Å². The third-order valence-corrected chi connectivity index (χ3v) is 4.20. The number of likely N-dealkylation sites (tertiary alicyclic amines) is 1. The fourth-order valence-electron chi connectivity index (χ4n) is 2.93. The second-order valence-electron chi connectivity index (χ2n) is 5.88. The highest BCUT2D eigenvalue weighted by atomic mass is 16.5. The van der Waals surface area contributed by atoms with Crippen molar-refractivity contribution in [3.8, 4) is 5.75 Å². The number of piperidine rings is 1. The summed E-state index contributed by atoms with van der Waals surface area (Å²) >= 11 is 0. The van der Waals surface area contributed by atoms with Gasteiger partial charge < -0.3 is 20.1 Å². The third-order valence-electron chi connectivity index (χ3n) is 4.20. The lowest BCUT2D eigenvalue weighted by Crippen LogP contribution is -2.35. The zero-order valence-corrected chi connectivity index (χ0v) is 12.3. The predicted molar refractivity (Wildman–Crippen MR) is 80.4 cm³/mol. The zero-order chi connectivity index (χ0) is 14.8. The summed E-state index contributed by atoms with van der Waals surface area (Å²) in [5.74, 6) is 0.515. The minimum absolute atomic E-state index is 0.148. The Balaban J connectivity index is 1.71. The van der Waals surface area contributed by atoms with E-state index in [0.717, 1.165) is 18.7 Å². The fraction of sp³-hybridized carbons (Fsp3) is 0.562. The summed E-state index contributed by atoms with van der Waals surface area (Å²) in [6.45, 7) is 4.47. The average molecular weight is 290 g/mol. The fourth-order valence-corrected chi connectivity index (χ4v) is 2.93. The minimum Gasteiger partial charge on any atom is -0.479 e. The molecule has 0 aromatic heterocycles. The molecule has 0 radical (unpaired) electrons. The van der Waals surface area contributed by atoms with Crippen molar-refractivity contribution in [3.63, 3.8) is 0 Å².